The molecule has 3 N–H and O–H groups in total. The molecule has 1 aromatic heterocycles. The van der Waals surface area contributed by atoms with Crippen molar-refractivity contribution in [3.8, 4) is 16.9 Å². The minimum atomic E-state index is -1.63. The molecule has 3 heterocycles. The number of halogens is 2. The lowest BCUT2D eigenvalue weighted by Crippen LogP contribution is -2.44. The molecule has 0 bridgehead atoms. The monoisotopic (exact) mass is 684 g/mol. The van der Waals surface area contributed by atoms with Crippen LogP contribution in [0.4, 0.5) is 8.78 Å². The Balaban J connectivity index is 1.30. The molecule has 0 spiro atoms. The van der Waals surface area contributed by atoms with E-state index in [4.69, 9.17) is 26.8 Å². The van der Waals surface area contributed by atoms with Gasteiger partial charge in [0.15, 0.2) is 17.7 Å². The molecule has 2 aliphatic heterocycles. The first-order valence-electron chi connectivity index (χ1n) is 14.5. The van der Waals surface area contributed by atoms with Crippen molar-refractivity contribution in [1.82, 2.24) is 20.1 Å². The van der Waals surface area contributed by atoms with E-state index in [-0.39, 0.29) is 21.5 Å². The number of hydrogen-bond acceptors (Lipinski definition) is 10. The molecule has 2 amide bonds. The summed E-state index contributed by atoms with van der Waals surface area (Å²) in [7, 11) is 0. The second-order valence-electron chi connectivity index (χ2n) is 10.6. The Labute approximate surface area is 278 Å². The lowest BCUT2D eigenvalue weighted by molar-refractivity contribution is -0.131. The van der Waals surface area contributed by atoms with Crippen LogP contribution in [-0.4, -0.2) is 99.2 Å². The summed E-state index contributed by atoms with van der Waals surface area (Å²) in [5, 5.41) is 22.2. The van der Waals surface area contributed by atoms with E-state index in [1.165, 1.54) is 24.4 Å². The Morgan fingerprint density at radius 3 is 2.60 bits per heavy atom. The van der Waals surface area contributed by atoms with Crippen LogP contribution in [0.1, 0.15) is 21.6 Å². The summed E-state index contributed by atoms with van der Waals surface area (Å²) in [6, 6.07) is 11.5. The highest BCUT2D eigenvalue weighted by Gasteiger charge is 2.35. The zero-order chi connectivity index (χ0) is 33.5. The van der Waals surface area contributed by atoms with Crippen LogP contribution in [0.25, 0.3) is 17.2 Å². The predicted octanol–water partition coefficient (Wildman–Crippen LogP) is 3.31. The number of aliphatic hydroxyl groups is 1. The van der Waals surface area contributed by atoms with E-state index in [0.29, 0.717) is 54.4 Å². The number of carboxylic acid groups (broad SMARTS) is 1. The topological polar surface area (TPSA) is 142 Å². The van der Waals surface area contributed by atoms with Gasteiger partial charge in [-0.2, -0.15) is 0 Å². The van der Waals surface area contributed by atoms with Crippen molar-refractivity contribution in [2.45, 2.75) is 12.6 Å². The van der Waals surface area contributed by atoms with Crippen molar-refractivity contribution >= 4 is 52.2 Å². The minimum Gasteiger partial charge on any atom is -0.492 e. The fourth-order valence-electron chi connectivity index (χ4n) is 4.82. The maximum absolute atomic E-state index is 14.0. The summed E-state index contributed by atoms with van der Waals surface area (Å²) in [4.78, 5) is 44.4. The van der Waals surface area contributed by atoms with Crippen LogP contribution in [0.3, 0.4) is 0 Å². The Hall–Kier alpha value is -4.28. The number of thioether (sulfide) groups is 1. The van der Waals surface area contributed by atoms with Gasteiger partial charge in [0.1, 0.15) is 22.4 Å². The molecule has 0 saturated carbocycles. The Bertz CT molecular complexity index is 1720. The number of β-amino-alcohol motifs (C(OH)–C–C–N with tert-alkyl or cyclic N) is 1. The van der Waals surface area contributed by atoms with Gasteiger partial charge in [0.25, 0.3) is 11.8 Å². The molecule has 2 aliphatic rings. The number of pyridine rings is 1. The van der Waals surface area contributed by atoms with Crippen LogP contribution < -0.4 is 10.1 Å². The van der Waals surface area contributed by atoms with Crippen LogP contribution in [0.5, 0.6) is 5.75 Å². The van der Waals surface area contributed by atoms with E-state index >= 15 is 0 Å². The first-order valence-corrected chi connectivity index (χ1v) is 15.7. The molecule has 2 saturated heterocycles. The molecule has 11 nitrogen and oxygen atoms in total. The van der Waals surface area contributed by atoms with E-state index < -0.39 is 42.1 Å². The molecule has 0 radical (unpaired) electrons. The average Bonchev–Trinajstić information content (AvgIpc) is 3.33. The Morgan fingerprint density at radius 1 is 1.11 bits per heavy atom. The molecule has 5 rings (SSSR count). The van der Waals surface area contributed by atoms with Gasteiger partial charge in [-0.25, -0.2) is 18.6 Å². The van der Waals surface area contributed by atoms with Crippen molar-refractivity contribution in [3.05, 3.63) is 88.1 Å². The van der Waals surface area contributed by atoms with Gasteiger partial charge in [0.05, 0.1) is 24.7 Å². The highest BCUT2D eigenvalue weighted by Crippen LogP contribution is 2.36. The third-order valence-electron chi connectivity index (χ3n) is 7.36. The molecule has 1 atom stereocenters. The van der Waals surface area contributed by atoms with Gasteiger partial charge in [0.2, 0.25) is 0 Å². The summed E-state index contributed by atoms with van der Waals surface area (Å²) in [5.74, 6) is -4.05. The van der Waals surface area contributed by atoms with Gasteiger partial charge in [0, 0.05) is 37.9 Å². The number of nitrogens with zero attached hydrogens (tertiary/aromatic N) is 3. The third kappa shape index (κ3) is 8.75. The summed E-state index contributed by atoms with van der Waals surface area (Å²) in [5.41, 5.74) is 1.74. The number of carboxylic acids is 1. The summed E-state index contributed by atoms with van der Waals surface area (Å²) >= 11 is 6.38. The summed E-state index contributed by atoms with van der Waals surface area (Å²) in [6.07, 6.45) is 1.23. The van der Waals surface area contributed by atoms with Crippen molar-refractivity contribution in [3.63, 3.8) is 0 Å². The van der Waals surface area contributed by atoms with Crippen molar-refractivity contribution < 1.29 is 42.9 Å². The highest BCUT2D eigenvalue weighted by atomic mass is 32.2. The zero-order valence-corrected chi connectivity index (χ0v) is 26.5. The van der Waals surface area contributed by atoms with Crippen LogP contribution in [0, 0.1) is 11.6 Å². The number of hydrogen-bond donors (Lipinski definition) is 3. The van der Waals surface area contributed by atoms with Gasteiger partial charge in [-0.15, -0.1) is 0 Å². The quantitative estimate of drug-likeness (QED) is 0.191. The minimum absolute atomic E-state index is 0.0698. The van der Waals surface area contributed by atoms with E-state index in [2.05, 4.69) is 15.2 Å². The Morgan fingerprint density at radius 2 is 1.85 bits per heavy atom. The largest absolute Gasteiger partial charge is 0.492 e. The molecule has 2 aromatic carbocycles. The molecule has 15 heteroatoms. The third-order valence-corrected chi connectivity index (χ3v) is 8.74. The van der Waals surface area contributed by atoms with Gasteiger partial charge in [-0.3, -0.25) is 19.4 Å². The molecule has 3 aromatic rings. The van der Waals surface area contributed by atoms with Gasteiger partial charge in [-0.1, -0.05) is 36.1 Å². The molecule has 246 valence electrons. The maximum Gasteiger partial charge on any atom is 0.354 e. The number of carbonyl (C=O) groups excluding carboxylic acids is 2. The lowest BCUT2D eigenvalue weighted by atomic mass is 10.0. The first-order chi connectivity index (χ1) is 22.6. The number of carbonyl (C=O) groups is 3. The number of aliphatic hydroxyl groups excluding tert-OH is 1. The maximum atomic E-state index is 14.0. The molecule has 2 fully saturated rings. The predicted molar refractivity (Wildman–Crippen MR) is 173 cm³/mol. The average molecular weight is 685 g/mol. The smallest absolute Gasteiger partial charge is 0.354 e. The lowest BCUT2D eigenvalue weighted by Gasteiger charge is -2.26. The second-order valence-corrected chi connectivity index (χ2v) is 12.2. The zero-order valence-electron chi connectivity index (χ0n) is 24.9. The molecule has 1 unspecified atom stereocenters. The van der Waals surface area contributed by atoms with Crippen LogP contribution in [0.2, 0.25) is 0 Å². The second kappa shape index (κ2) is 15.5. The fraction of sp³-hybridized carbons (Fsp3) is 0.281. The highest BCUT2D eigenvalue weighted by molar-refractivity contribution is 8.26. The molecule has 47 heavy (non-hydrogen) atoms. The van der Waals surface area contributed by atoms with Gasteiger partial charge in [-0.05, 0) is 59.2 Å². The van der Waals surface area contributed by atoms with E-state index in [1.807, 2.05) is 0 Å². The first kappa shape index (κ1) is 34.1. The number of aromatic carboxylic acids is 1. The summed E-state index contributed by atoms with van der Waals surface area (Å²) < 4.78 is 39.2. The number of morpholine rings is 1. The van der Waals surface area contributed by atoms with E-state index in [1.54, 1.807) is 24.3 Å². The van der Waals surface area contributed by atoms with Gasteiger partial charge >= 0.3 is 5.97 Å². The standard InChI is InChI=1S/C32H30F2N4O7S2/c33-23-3-1-21(15-24(23)34)20-2-4-27(45-12-9-37-7-10-44-11-8-37)22(14-20)16-28-30(41)38(32(46)47-28)18-26(39)29(40)36-17-19-5-6-35-25(13-19)31(42)43/h1-6,13-16,26,39H,7-12,17-18H2,(H,36,40)(H,42,43). The SMILES string of the molecule is O=C(O)c1cc(CNC(=O)C(O)CN2C(=O)C(=Cc3cc(-c4ccc(F)c(F)c4)ccc3OCCN3CCOCC3)SC2=S)ccn1. The number of ether oxygens (including phenoxy) is 2. The van der Waals surface area contributed by atoms with Crippen LogP contribution in [-0.2, 0) is 20.9 Å². The van der Waals surface area contributed by atoms with E-state index in [0.717, 1.165) is 41.9 Å². The summed E-state index contributed by atoms with van der Waals surface area (Å²) in [6.45, 7) is 3.37. The number of nitrogens with one attached hydrogen (secondary N) is 1. The van der Waals surface area contributed by atoms with E-state index in [9.17, 15) is 28.3 Å². The van der Waals surface area contributed by atoms with Crippen molar-refractivity contribution in [1.29, 1.82) is 0 Å². The molecule has 0 aliphatic carbocycles. The number of amides is 2. The van der Waals surface area contributed by atoms with Crippen molar-refractivity contribution in [2.75, 3.05) is 46.0 Å². The number of aromatic nitrogens is 1. The van der Waals surface area contributed by atoms with Crippen LogP contribution >= 0.6 is 24.0 Å². The van der Waals surface area contributed by atoms with Crippen molar-refractivity contribution in [2.24, 2.45) is 0 Å². The molecular weight excluding hydrogens is 655 g/mol. The number of thiocarbonyl (C=S) groups is 1. The number of rotatable bonds is 12. The fourth-order valence-corrected chi connectivity index (χ4v) is 6.09. The Kier molecular flexibility index (Phi) is 11.3. The number of benzene rings is 2. The normalized spacial score (nSPS) is 16.8. The van der Waals surface area contributed by atoms with Gasteiger partial charge < -0.3 is 25.0 Å². The molecular formula is C32H30F2N4O7S2. The van der Waals surface area contributed by atoms with Crippen LogP contribution in [0.15, 0.2) is 59.6 Å².